The highest BCUT2D eigenvalue weighted by molar-refractivity contribution is 9.47. The van der Waals surface area contributed by atoms with Gasteiger partial charge in [0.25, 0.3) is 0 Å². The van der Waals surface area contributed by atoms with Gasteiger partial charge in [-0.2, -0.15) is 13.2 Å². The Morgan fingerprint density at radius 3 is 1.39 bits per heavy atom. The summed E-state index contributed by atoms with van der Waals surface area (Å²) in [6, 6.07) is 0. The van der Waals surface area contributed by atoms with E-state index in [1.807, 2.05) is 0 Å². The van der Waals surface area contributed by atoms with Gasteiger partial charge in [-0.3, -0.25) is 0 Å². The minimum atomic E-state index is -5.72. The molecular formula is C7BrF7O2S. The predicted octanol–water partition coefficient (Wildman–Crippen LogP) is 3.35. The molecule has 11 heteroatoms. The van der Waals surface area contributed by atoms with Crippen LogP contribution in [0.15, 0.2) is 4.90 Å². The molecule has 0 saturated carbocycles. The molecule has 0 bridgehead atoms. The van der Waals surface area contributed by atoms with E-state index in [-0.39, 0.29) is 0 Å². The fraction of sp³-hybridized carbons (Fsp3) is 0.143. The largest absolute Gasteiger partial charge is 0.422 e. The summed E-state index contributed by atoms with van der Waals surface area (Å²) in [5.41, 5.74) is -2.84. The van der Waals surface area contributed by atoms with E-state index in [9.17, 15) is 39.2 Å². The molecule has 1 aromatic rings. The summed E-state index contributed by atoms with van der Waals surface area (Å²) in [5, 5.41) is 0. The second kappa shape index (κ2) is 4.37. The first-order chi connectivity index (χ1) is 7.89. The van der Waals surface area contributed by atoms with Crippen molar-refractivity contribution in [3.05, 3.63) is 28.8 Å². The lowest BCUT2D eigenvalue weighted by atomic mass is 10.1. The van der Waals surface area contributed by atoms with Crippen molar-refractivity contribution in [3.8, 4) is 0 Å². The first kappa shape index (κ1) is 15.2. The van der Waals surface area contributed by atoms with Gasteiger partial charge in [0.2, 0.25) is 8.27 Å². The van der Waals surface area contributed by atoms with Crippen LogP contribution in [0.1, 0.15) is 5.56 Å². The van der Waals surface area contributed by atoms with Gasteiger partial charge in [0, 0.05) is 0 Å². The molecule has 0 aliphatic carbocycles. The Hall–Kier alpha value is -0.840. The summed E-state index contributed by atoms with van der Waals surface area (Å²) in [6.07, 6.45) is -5.72. The summed E-state index contributed by atoms with van der Waals surface area (Å²) in [5.74, 6) is -11.0. The van der Waals surface area contributed by atoms with E-state index in [4.69, 9.17) is 0 Å². The van der Waals surface area contributed by atoms with Gasteiger partial charge in [-0.1, -0.05) is 0 Å². The minimum Gasteiger partial charge on any atom is -0.212 e. The van der Waals surface area contributed by atoms with E-state index in [1.54, 1.807) is 14.8 Å². The number of alkyl halides is 3. The average molecular weight is 361 g/mol. The van der Waals surface area contributed by atoms with Crippen molar-refractivity contribution >= 4 is 23.1 Å². The summed E-state index contributed by atoms with van der Waals surface area (Å²) >= 11 is 1.71. The average Bonchev–Trinajstić information content (AvgIpc) is 2.10. The Morgan fingerprint density at radius 1 is 0.833 bits per heavy atom. The van der Waals surface area contributed by atoms with Crippen molar-refractivity contribution in [1.29, 1.82) is 0 Å². The zero-order valence-corrected chi connectivity index (χ0v) is 10.2. The van der Waals surface area contributed by atoms with E-state index >= 15 is 0 Å². The first-order valence-corrected chi connectivity index (χ1v) is 7.09. The highest BCUT2D eigenvalue weighted by atomic mass is 79.9. The summed E-state index contributed by atoms with van der Waals surface area (Å²) in [7, 11) is -4.96. The third-order valence-corrected chi connectivity index (χ3v) is 3.57. The number of halogens is 8. The van der Waals surface area contributed by atoms with Gasteiger partial charge in [-0.15, -0.1) is 0 Å². The molecule has 0 N–H and O–H groups in total. The molecule has 102 valence electrons. The van der Waals surface area contributed by atoms with Gasteiger partial charge in [-0.25, -0.2) is 26.0 Å². The monoisotopic (exact) mass is 360 g/mol. The van der Waals surface area contributed by atoms with Gasteiger partial charge in [0.15, 0.2) is 28.2 Å². The molecule has 0 heterocycles. The van der Waals surface area contributed by atoms with Crippen LogP contribution in [0.3, 0.4) is 0 Å². The Kier molecular flexibility index (Phi) is 3.69. The van der Waals surface area contributed by atoms with E-state index in [0.29, 0.717) is 0 Å². The molecule has 18 heavy (non-hydrogen) atoms. The maximum atomic E-state index is 13.0. The topological polar surface area (TPSA) is 34.1 Å². The van der Waals surface area contributed by atoms with Crippen molar-refractivity contribution < 1.29 is 39.2 Å². The second-order valence-electron chi connectivity index (χ2n) is 2.90. The number of benzene rings is 1. The van der Waals surface area contributed by atoms with Crippen LogP contribution in [0.4, 0.5) is 30.7 Å². The Labute approximate surface area is 103 Å². The fourth-order valence-corrected chi connectivity index (χ4v) is 2.53. The molecule has 1 rings (SSSR count). The van der Waals surface area contributed by atoms with Crippen LogP contribution < -0.4 is 0 Å². The van der Waals surface area contributed by atoms with E-state index in [0.717, 1.165) is 0 Å². The van der Waals surface area contributed by atoms with Gasteiger partial charge >= 0.3 is 6.18 Å². The lowest BCUT2D eigenvalue weighted by Crippen LogP contribution is -2.17. The molecule has 0 fully saturated rings. The van der Waals surface area contributed by atoms with Crippen molar-refractivity contribution in [2.45, 2.75) is 11.1 Å². The first-order valence-electron chi connectivity index (χ1n) is 3.76. The smallest absolute Gasteiger partial charge is 0.212 e. The van der Waals surface area contributed by atoms with Crippen LogP contribution in [0.5, 0.6) is 0 Å². The molecule has 0 saturated heterocycles. The van der Waals surface area contributed by atoms with Crippen LogP contribution in [0.25, 0.3) is 0 Å². The molecule has 2 nitrogen and oxygen atoms in total. The molecule has 0 aliphatic rings. The van der Waals surface area contributed by atoms with Crippen molar-refractivity contribution in [2.75, 3.05) is 0 Å². The van der Waals surface area contributed by atoms with Gasteiger partial charge in [0.1, 0.15) is 5.56 Å². The maximum Gasteiger partial charge on any atom is 0.422 e. The predicted molar refractivity (Wildman–Crippen MR) is 47.4 cm³/mol. The lowest BCUT2D eigenvalue weighted by molar-refractivity contribution is -0.143. The number of hydrogen-bond acceptors (Lipinski definition) is 2. The summed E-state index contributed by atoms with van der Waals surface area (Å²) < 4.78 is 110. The van der Waals surface area contributed by atoms with Crippen LogP contribution in [0, 0.1) is 23.3 Å². The summed E-state index contributed by atoms with van der Waals surface area (Å²) in [6.45, 7) is 0. The van der Waals surface area contributed by atoms with Crippen molar-refractivity contribution in [3.63, 3.8) is 0 Å². The molecule has 1 aromatic carbocycles. The zero-order chi connectivity index (χ0) is 14.5. The quantitative estimate of drug-likeness (QED) is 0.437. The Balaban J connectivity index is 3.90. The SMILES string of the molecule is O=S(=O)(Br)c1c(F)c(F)c(C(F)(F)F)c(F)c1F. The highest BCUT2D eigenvalue weighted by Crippen LogP contribution is 2.38. The molecule has 0 atom stereocenters. The third-order valence-electron chi connectivity index (χ3n) is 1.75. The minimum absolute atomic E-state index is 1.71. The van der Waals surface area contributed by atoms with Crippen LogP contribution in [-0.4, -0.2) is 8.42 Å². The van der Waals surface area contributed by atoms with Crippen LogP contribution >= 0.6 is 14.8 Å². The standard InChI is InChI=1S/C7BrF7O2S/c8-18(16,17)6-4(11)2(9)1(7(13,14)15)3(10)5(6)12. The van der Waals surface area contributed by atoms with E-state index < -0.39 is 48.2 Å². The van der Waals surface area contributed by atoms with Gasteiger partial charge in [0.05, 0.1) is 14.8 Å². The molecular weight excluding hydrogens is 361 g/mol. The number of hydrogen-bond donors (Lipinski definition) is 0. The van der Waals surface area contributed by atoms with E-state index in [1.165, 1.54) is 0 Å². The van der Waals surface area contributed by atoms with Crippen LogP contribution in [0.2, 0.25) is 0 Å². The molecule has 0 unspecified atom stereocenters. The fourth-order valence-electron chi connectivity index (χ4n) is 1.07. The number of rotatable bonds is 1. The van der Waals surface area contributed by atoms with E-state index in [2.05, 4.69) is 0 Å². The molecule has 0 spiro atoms. The van der Waals surface area contributed by atoms with Crippen molar-refractivity contribution in [1.82, 2.24) is 0 Å². The zero-order valence-electron chi connectivity index (χ0n) is 7.75. The normalized spacial score (nSPS) is 12.9. The van der Waals surface area contributed by atoms with Gasteiger partial charge in [-0.05, 0) is 0 Å². The molecule has 0 aromatic heterocycles. The second-order valence-corrected chi connectivity index (χ2v) is 6.74. The van der Waals surface area contributed by atoms with Crippen molar-refractivity contribution in [2.24, 2.45) is 0 Å². The molecule has 0 radical (unpaired) electrons. The summed E-state index contributed by atoms with van der Waals surface area (Å²) in [4.78, 5) is -2.16. The molecule has 0 aliphatic heterocycles. The molecule has 0 amide bonds. The Morgan fingerprint density at radius 2 is 1.17 bits per heavy atom. The van der Waals surface area contributed by atoms with Crippen LogP contribution in [-0.2, 0) is 14.4 Å². The lowest BCUT2D eigenvalue weighted by Gasteiger charge is -2.12. The third kappa shape index (κ3) is 2.46. The highest BCUT2D eigenvalue weighted by Gasteiger charge is 2.43. The maximum absolute atomic E-state index is 13.0. The Bertz CT molecular complexity index is 578. The van der Waals surface area contributed by atoms with Gasteiger partial charge < -0.3 is 0 Å².